The van der Waals surface area contributed by atoms with E-state index in [1.165, 1.54) is 0 Å². The number of aryl methyl sites for hydroxylation is 2. The molecular formula is C15H19NO3. The van der Waals surface area contributed by atoms with Gasteiger partial charge >= 0.3 is 5.97 Å². The Morgan fingerprint density at radius 2 is 2.11 bits per heavy atom. The molecule has 0 spiro atoms. The van der Waals surface area contributed by atoms with Crippen LogP contribution in [-0.2, 0) is 11.2 Å². The van der Waals surface area contributed by atoms with Gasteiger partial charge in [0.2, 0.25) is 0 Å². The van der Waals surface area contributed by atoms with Crippen LogP contribution >= 0.6 is 0 Å². The van der Waals surface area contributed by atoms with E-state index < -0.39 is 11.9 Å². The van der Waals surface area contributed by atoms with E-state index in [0.29, 0.717) is 13.0 Å². The van der Waals surface area contributed by atoms with E-state index in [9.17, 15) is 4.79 Å². The maximum Gasteiger partial charge on any atom is 0.304 e. The summed E-state index contributed by atoms with van der Waals surface area (Å²) in [5, 5.41) is 17.8. The Morgan fingerprint density at radius 3 is 2.63 bits per heavy atom. The molecule has 4 nitrogen and oxygen atoms in total. The van der Waals surface area contributed by atoms with Gasteiger partial charge in [0.25, 0.3) is 0 Å². The summed E-state index contributed by atoms with van der Waals surface area (Å²) >= 11 is 0. The Balaban J connectivity index is 2.92. The van der Waals surface area contributed by atoms with Crippen LogP contribution in [0.15, 0.2) is 12.1 Å². The minimum absolute atomic E-state index is 0.123. The van der Waals surface area contributed by atoms with Crippen LogP contribution in [-0.4, -0.2) is 17.7 Å². The fourth-order valence-corrected chi connectivity index (χ4v) is 2.02. The van der Waals surface area contributed by atoms with Crippen LogP contribution in [0.3, 0.4) is 0 Å². The van der Waals surface area contributed by atoms with E-state index in [4.69, 9.17) is 15.1 Å². The first kappa shape index (κ1) is 15.0. The number of nitrogens with zero attached hydrogens (tertiary/aromatic N) is 1. The standard InChI is InChI=1S/C15H19NO3/c1-4-19-14-6-10(2)13(5-11(14)3)7-12(9-16)8-15(17)18/h5-6,12H,4,7-8H2,1-3H3,(H,17,18). The van der Waals surface area contributed by atoms with Gasteiger partial charge in [-0.25, -0.2) is 0 Å². The number of aliphatic carboxylic acids is 1. The van der Waals surface area contributed by atoms with Gasteiger partial charge in [0, 0.05) is 0 Å². The van der Waals surface area contributed by atoms with Crippen molar-refractivity contribution in [3.63, 3.8) is 0 Å². The molecule has 1 atom stereocenters. The molecule has 0 saturated carbocycles. The summed E-state index contributed by atoms with van der Waals surface area (Å²) in [6.45, 7) is 6.44. The zero-order valence-corrected chi connectivity index (χ0v) is 11.6. The van der Waals surface area contributed by atoms with Crippen LogP contribution in [0.4, 0.5) is 0 Å². The molecule has 0 saturated heterocycles. The lowest BCUT2D eigenvalue weighted by atomic mass is 9.93. The summed E-state index contributed by atoms with van der Waals surface area (Å²) in [7, 11) is 0. The molecule has 4 heteroatoms. The van der Waals surface area contributed by atoms with Crippen molar-refractivity contribution in [2.24, 2.45) is 5.92 Å². The Bertz CT molecular complexity index is 503. The molecule has 0 aliphatic carbocycles. The number of nitriles is 1. The maximum absolute atomic E-state index is 10.7. The summed E-state index contributed by atoms with van der Waals surface area (Å²) in [6, 6.07) is 5.98. The Hall–Kier alpha value is -2.02. The normalized spacial score (nSPS) is 11.7. The number of hydrogen-bond acceptors (Lipinski definition) is 3. The Morgan fingerprint density at radius 1 is 1.42 bits per heavy atom. The molecule has 19 heavy (non-hydrogen) atoms. The zero-order chi connectivity index (χ0) is 14.4. The number of benzene rings is 1. The van der Waals surface area contributed by atoms with Crippen molar-refractivity contribution >= 4 is 5.97 Å². The number of rotatable bonds is 6. The second kappa shape index (κ2) is 6.79. The van der Waals surface area contributed by atoms with Gasteiger partial charge in [0.1, 0.15) is 5.75 Å². The van der Waals surface area contributed by atoms with Crippen molar-refractivity contribution < 1.29 is 14.6 Å². The Kier molecular flexibility index (Phi) is 5.37. The van der Waals surface area contributed by atoms with Gasteiger partial charge in [-0.2, -0.15) is 5.26 Å². The average molecular weight is 261 g/mol. The van der Waals surface area contributed by atoms with E-state index in [0.717, 1.165) is 22.4 Å². The smallest absolute Gasteiger partial charge is 0.304 e. The topological polar surface area (TPSA) is 70.3 Å². The number of carboxylic acids is 1. The number of hydrogen-bond donors (Lipinski definition) is 1. The lowest BCUT2D eigenvalue weighted by Crippen LogP contribution is -2.10. The summed E-state index contributed by atoms with van der Waals surface area (Å²) < 4.78 is 5.51. The highest BCUT2D eigenvalue weighted by molar-refractivity contribution is 5.67. The van der Waals surface area contributed by atoms with Crippen LogP contribution in [0.1, 0.15) is 30.0 Å². The minimum atomic E-state index is -0.938. The van der Waals surface area contributed by atoms with Crippen LogP contribution in [0, 0.1) is 31.1 Å². The van der Waals surface area contributed by atoms with Crippen molar-refractivity contribution in [2.45, 2.75) is 33.6 Å². The van der Waals surface area contributed by atoms with Crippen molar-refractivity contribution in [3.8, 4) is 11.8 Å². The van der Waals surface area contributed by atoms with E-state index in [-0.39, 0.29) is 6.42 Å². The van der Waals surface area contributed by atoms with Gasteiger partial charge in [0.15, 0.2) is 0 Å². The third-order valence-electron chi connectivity index (χ3n) is 3.00. The number of carboxylic acid groups (broad SMARTS) is 1. The lowest BCUT2D eigenvalue weighted by Gasteiger charge is -2.14. The molecule has 1 rings (SSSR count). The molecule has 0 amide bonds. The SMILES string of the molecule is CCOc1cc(C)c(CC(C#N)CC(=O)O)cc1C. The lowest BCUT2D eigenvalue weighted by molar-refractivity contribution is -0.137. The largest absolute Gasteiger partial charge is 0.494 e. The molecule has 0 aromatic heterocycles. The second-order valence-electron chi connectivity index (χ2n) is 4.61. The summed E-state index contributed by atoms with van der Waals surface area (Å²) in [4.78, 5) is 10.7. The van der Waals surface area contributed by atoms with Gasteiger partial charge in [-0.15, -0.1) is 0 Å². The molecule has 102 valence electrons. The van der Waals surface area contributed by atoms with Crippen molar-refractivity contribution in [3.05, 3.63) is 28.8 Å². The van der Waals surface area contributed by atoms with Gasteiger partial charge < -0.3 is 9.84 Å². The third-order valence-corrected chi connectivity index (χ3v) is 3.00. The first-order valence-corrected chi connectivity index (χ1v) is 6.32. The third kappa shape index (κ3) is 4.29. The number of carbonyl (C=O) groups is 1. The van der Waals surface area contributed by atoms with Gasteiger partial charge in [0.05, 0.1) is 25.0 Å². The fraction of sp³-hybridized carbons (Fsp3) is 0.467. The minimum Gasteiger partial charge on any atom is -0.494 e. The van der Waals surface area contributed by atoms with E-state index in [1.807, 2.05) is 32.9 Å². The molecule has 1 aromatic rings. The molecule has 0 fully saturated rings. The summed E-state index contributed by atoms with van der Waals surface area (Å²) in [5.41, 5.74) is 3.04. The molecule has 0 radical (unpaired) electrons. The summed E-state index contributed by atoms with van der Waals surface area (Å²) in [6.07, 6.45) is 0.337. The van der Waals surface area contributed by atoms with Crippen LogP contribution < -0.4 is 4.74 Å². The van der Waals surface area contributed by atoms with Crippen LogP contribution in [0.2, 0.25) is 0 Å². The second-order valence-corrected chi connectivity index (χ2v) is 4.61. The molecule has 1 aromatic carbocycles. The summed E-state index contributed by atoms with van der Waals surface area (Å²) in [5.74, 6) is -0.587. The molecule has 0 aliphatic heterocycles. The van der Waals surface area contributed by atoms with Crippen LogP contribution in [0.5, 0.6) is 5.75 Å². The van der Waals surface area contributed by atoms with Crippen LogP contribution in [0.25, 0.3) is 0 Å². The van der Waals surface area contributed by atoms with Crippen molar-refractivity contribution in [2.75, 3.05) is 6.61 Å². The predicted octanol–water partition coefficient (Wildman–Crippen LogP) is 2.86. The van der Waals surface area contributed by atoms with Gasteiger partial charge in [-0.3, -0.25) is 4.79 Å². The monoisotopic (exact) mass is 261 g/mol. The predicted molar refractivity (Wildman–Crippen MR) is 72.1 cm³/mol. The first-order chi connectivity index (χ1) is 8.97. The highest BCUT2D eigenvalue weighted by Crippen LogP contribution is 2.25. The highest BCUT2D eigenvalue weighted by atomic mass is 16.5. The molecule has 1 N–H and O–H groups in total. The molecule has 0 heterocycles. The van der Waals surface area contributed by atoms with E-state index in [1.54, 1.807) is 0 Å². The van der Waals surface area contributed by atoms with Crippen molar-refractivity contribution in [1.82, 2.24) is 0 Å². The quantitative estimate of drug-likeness (QED) is 0.854. The Labute approximate surface area is 113 Å². The van der Waals surface area contributed by atoms with E-state index in [2.05, 4.69) is 6.07 Å². The average Bonchev–Trinajstić information content (AvgIpc) is 2.34. The molecular weight excluding hydrogens is 242 g/mol. The molecule has 0 aliphatic rings. The fourth-order valence-electron chi connectivity index (χ4n) is 2.02. The molecule has 0 bridgehead atoms. The maximum atomic E-state index is 10.7. The highest BCUT2D eigenvalue weighted by Gasteiger charge is 2.15. The number of ether oxygens (including phenoxy) is 1. The molecule has 1 unspecified atom stereocenters. The first-order valence-electron chi connectivity index (χ1n) is 6.32. The van der Waals surface area contributed by atoms with E-state index >= 15 is 0 Å². The van der Waals surface area contributed by atoms with Crippen molar-refractivity contribution in [1.29, 1.82) is 5.26 Å². The van der Waals surface area contributed by atoms with Gasteiger partial charge in [-0.05, 0) is 49.9 Å². The zero-order valence-electron chi connectivity index (χ0n) is 11.6. The van der Waals surface area contributed by atoms with Gasteiger partial charge in [-0.1, -0.05) is 6.07 Å².